The first-order valence-electron chi connectivity index (χ1n) is 7.54. The molecule has 0 radical (unpaired) electrons. The number of carbonyl (C=O) groups is 2. The highest BCUT2D eigenvalue weighted by Gasteiger charge is 2.20. The van der Waals surface area contributed by atoms with Gasteiger partial charge in [-0.05, 0) is 42.0 Å². The first-order valence-corrected chi connectivity index (χ1v) is 7.92. The van der Waals surface area contributed by atoms with E-state index in [2.05, 4.69) is 0 Å². The largest absolute Gasteiger partial charge is 0.451 e. The van der Waals surface area contributed by atoms with E-state index in [9.17, 15) is 9.59 Å². The molecule has 3 nitrogen and oxygen atoms in total. The standard InChI is InChI=1S/C20H15ClO3/c1-13(19(22)16-7-4-8-18(21)12-16)24-20(23)17-10-9-14-5-2-3-6-15(14)11-17/h2-13H,1H3/t13-/m0/s1. The number of hydrogen-bond donors (Lipinski definition) is 0. The molecular weight excluding hydrogens is 324 g/mol. The first-order chi connectivity index (χ1) is 11.5. The smallest absolute Gasteiger partial charge is 0.338 e. The molecule has 3 aromatic carbocycles. The molecule has 0 amide bonds. The average Bonchev–Trinajstić information content (AvgIpc) is 2.60. The highest BCUT2D eigenvalue weighted by molar-refractivity contribution is 6.31. The summed E-state index contributed by atoms with van der Waals surface area (Å²) in [4.78, 5) is 24.6. The molecule has 4 heteroatoms. The zero-order chi connectivity index (χ0) is 17.1. The lowest BCUT2D eigenvalue weighted by molar-refractivity contribution is 0.0319. The van der Waals surface area contributed by atoms with Crippen LogP contribution in [0.15, 0.2) is 66.7 Å². The van der Waals surface area contributed by atoms with Crippen LogP contribution in [0.3, 0.4) is 0 Å². The molecule has 0 saturated carbocycles. The highest BCUT2D eigenvalue weighted by atomic mass is 35.5. The fourth-order valence-electron chi connectivity index (χ4n) is 2.47. The van der Waals surface area contributed by atoms with Crippen LogP contribution in [-0.4, -0.2) is 17.9 Å². The third kappa shape index (κ3) is 3.47. The fourth-order valence-corrected chi connectivity index (χ4v) is 2.67. The maximum Gasteiger partial charge on any atom is 0.338 e. The number of ketones is 1. The molecule has 0 spiro atoms. The van der Waals surface area contributed by atoms with Crippen molar-refractivity contribution >= 4 is 34.1 Å². The molecule has 0 fully saturated rings. The van der Waals surface area contributed by atoms with E-state index >= 15 is 0 Å². The molecule has 0 aliphatic rings. The molecule has 24 heavy (non-hydrogen) atoms. The van der Waals surface area contributed by atoms with Crippen LogP contribution in [0, 0.1) is 0 Å². The van der Waals surface area contributed by atoms with E-state index in [4.69, 9.17) is 16.3 Å². The van der Waals surface area contributed by atoms with Gasteiger partial charge in [-0.25, -0.2) is 4.79 Å². The number of benzene rings is 3. The number of esters is 1. The number of Topliss-reactive ketones (excluding diaryl/α,β-unsaturated/α-hetero) is 1. The van der Waals surface area contributed by atoms with Gasteiger partial charge in [0.25, 0.3) is 0 Å². The van der Waals surface area contributed by atoms with Crippen LogP contribution >= 0.6 is 11.6 Å². The maximum absolute atomic E-state index is 12.3. The Labute approximate surface area is 144 Å². The Kier molecular flexibility index (Phi) is 4.63. The predicted octanol–water partition coefficient (Wildman–Crippen LogP) is 4.92. The van der Waals surface area contributed by atoms with Crippen LogP contribution in [0.1, 0.15) is 27.6 Å². The third-order valence-corrected chi connectivity index (χ3v) is 3.98. The van der Waals surface area contributed by atoms with Crippen LogP contribution in [0.5, 0.6) is 0 Å². The Morgan fingerprint density at radius 2 is 1.62 bits per heavy atom. The molecule has 0 bridgehead atoms. The predicted molar refractivity (Wildman–Crippen MR) is 94.6 cm³/mol. The number of halogens is 1. The van der Waals surface area contributed by atoms with Gasteiger partial charge in [-0.1, -0.05) is 54.1 Å². The van der Waals surface area contributed by atoms with Crippen LogP contribution in [0.2, 0.25) is 5.02 Å². The van der Waals surface area contributed by atoms with Gasteiger partial charge in [0.2, 0.25) is 5.78 Å². The van der Waals surface area contributed by atoms with Gasteiger partial charge in [0.1, 0.15) is 0 Å². The van der Waals surface area contributed by atoms with E-state index < -0.39 is 12.1 Å². The van der Waals surface area contributed by atoms with Gasteiger partial charge in [-0.3, -0.25) is 4.79 Å². The summed E-state index contributed by atoms with van der Waals surface area (Å²) in [6, 6.07) is 19.6. The Bertz CT molecular complexity index is 917. The molecule has 0 unspecified atom stereocenters. The van der Waals surface area contributed by atoms with E-state index in [1.807, 2.05) is 30.3 Å². The van der Waals surface area contributed by atoms with E-state index in [0.29, 0.717) is 16.1 Å². The molecule has 1 atom stereocenters. The van der Waals surface area contributed by atoms with Crippen molar-refractivity contribution in [3.05, 3.63) is 82.9 Å². The van der Waals surface area contributed by atoms with Crippen molar-refractivity contribution in [2.75, 3.05) is 0 Å². The molecule has 0 aromatic heterocycles. The van der Waals surface area contributed by atoms with Gasteiger partial charge < -0.3 is 4.74 Å². The van der Waals surface area contributed by atoms with Crippen molar-refractivity contribution in [1.29, 1.82) is 0 Å². The summed E-state index contributed by atoms with van der Waals surface area (Å²) in [6.07, 6.45) is -0.887. The van der Waals surface area contributed by atoms with Crippen molar-refractivity contribution in [1.82, 2.24) is 0 Å². The van der Waals surface area contributed by atoms with E-state index in [0.717, 1.165) is 10.8 Å². The molecule has 0 saturated heterocycles. The summed E-state index contributed by atoms with van der Waals surface area (Å²) in [5, 5.41) is 2.45. The van der Waals surface area contributed by atoms with Gasteiger partial charge in [0.15, 0.2) is 6.10 Å². The summed E-state index contributed by atoms with van der Waals surface area (Å²) >= 11 is 5.89. The highest BCUT2D eigenvalue weighted by Crippen LogP contribution is 2.18. The second-order valence-electron chi connectivity index (χ2n) is 5.48. The quantitative estimate of drug-likeness (QED) is 0.501. The number of fused-ring (bicyclic) bond motifs is 1. The van der Waals surface area contributed by atoms with Crippen molar-refractivity contribution < 1.29 is 14.3 Å². The van der Waals surface area contributed by atoms with Gasteiger partial charge in [-0.2, -0.15) is 0 Å². The first kappa shape index (κ1) is 16.2. The number of rotatable bonds is 4. The fraction of sp³-hybridized carbons (Fsp3) is 0.100. The number of ether oxygens (including phenoxy) is 1. The lowest BCUT2D eigenvalue weighted by Gasteiger charge is -2.13. The minimum atomic E-state index is -0.887. The Balaban J connectivity index is 1.76. The summed E-state index contributed by atoms with van der Waals surface area (Å²) in [5.74, 6) is -0.810. The Hall–Kier alpha value is -2.65. The van der Waals surface area contributed by atoms with Crippen molar-refractivity contribution in [2.45, 2.75) is 13.0 Å². The van der Waals surface area contributed by atoms with Gasteiger partial charge >= 0.3 is 5.97 Å². The van der Waals surface area contributed by atoms with E-state index in [-0.39, 0.29) is 5.78 Å². The molecule has 3 rings (SSSR count). The molecule has 0 aliphatic heterocycles. The monoisotopic (exact) mass is 338 g/mol. The Morgan fingerprint density at radius 1 is 0.875 bits per heavy atom. The second kappa shape index (κ2) is 6.85. The van der Waals surface area contributed by atoms with Crippen molar-refractivity contribution in [2.24, 2.45) is 0 Å². The lowest BCUT2D eigenvalue weighted by Crippen LogP contribution is -2.24. The maximum atomic E-state index is 12.3. The summed E-state index contributed by atoms with van der Waals surface area (Å²) in [6.45, 7) is 1.56. The van der Waals surface area contributed by atoms with E-state index in [1.165, 1.54) is 0 Å². The molecule has 0 heterocycles. The summed E-state index contributed by atoms with van der Waals surface area (Å²) in [5.41, 5.74) is 0.834. The lowest BCUT2D eigenvalue weighted by atomic mass is 10.1. The van der Waals surface area contributed by atoms with Crippen molar-refractivity contribution in [3.63, 3.8) is 0 Å². The van der Waals surface area contributed by atoms with Gasteiger partial charge in [0, 0.05) is 10.6 Å². The van der Waals surface area contributed by atoms with Crippen LogP contribution in [-0.2, 0) is 4.74 Å². The summed E-state index contributed by atoms with van der Waals surface area (Å²) in [7, 11) is 0. The van der Waals surface area contributed by atoms with E-state index in [1.54, 1.807) is 43.3 Å². The van der Waals surface area contributed by atoms with Crippen LogP contribution in [0.4, 0.5) is 0 Å². The molecule has 0 aliphatic carbocycles. The molecule has 0 N–H and O–H groups in total. The zero-order valence-corrected chi connectivity index (χ0v) is 13.8. The van der Waals surface area contributed by atoms with Crippen molar-refractivity contribution in [3.8, 4) is 0 Å². The topological polar surface area (TPSA) is 43.4 Å². The molecule has 3 aromatic rings. The van der Waals surface area contributed by atoms with Crippen LogP contribution < -0.4 is 0 Å². The zero-order valence-electron chi connectivity index (χ0n) is 13.0. The SMILES string of the molecule is C[C@H](OC(=O)c1ccc2ccccc2c1)C(=O)c1cccc(Cl)c1. The molecular formula is C20H15ClO3. The normalized spacial score (nSPS) is 11.9. The second-order valence-corrected chi connectivity index (χ2v) is 5.92. The third-order valence-electron chi connectivity index (χ3n) is 3.75. The van der Waals surface area contributed by atoms with Crippen LogP contribution in [0.25, 0.3) is 10.8 Å². The van der Waals surface area contributed by atoms with Gasteiger partial charge in [-0.15, -0.1) is 0 Å². The van der Waals surface area contributed by atoms with Gasteiger partial charge in [0.05, 0.1) is 5.56 Å². The number of carbonyl (C=O) groups excluding carboxylic acids is 2. The minimum absolute atomic E-state index is 0.286. The Morgan fingerprint density at radius 3 is 2.38 bits per heavy atom. The minimum Gasteiger partial charge on any atom is -0.451 e. The average molecular weight is 339 g/mol. The number of hydrogen-bond acceptors (Lipinski definition) is 3. The summed E-state index contributed by atoms with van der Waals surface area (Å²) < 4.78 is 5.31. The molecule has 120 valence electrons.